The molecule has 7 nitrogen and oxygen atoms in total. The lowest BCUT2D eigenvalue weighted by molar-refractivity contribution is 0.0746. The third-order valence-electron chi connectivity index (χ3n) is 5.71. The first kappa shape index (κ1) is 20.6. The summed E-state index contributed by atoms with van der Waals surface area (Å²) in [4.78, 5) is 21.1. The molecular formula is C26H24N6O. The molecule has 0 unspecified atom stereocenters. The van der Waals surface area contributed by atoms with Gasteiger partial charge in [0.05, 0.1) is 11.9 Å². The summed E-state index contributed by atoms with van der Waals surface area (Å²) in [6.07, 6.45) is 3.46. The average Bonchev–Trinajstić information content (AvgIpc) is 2.90. The Balaban J connectivity index is 1.17. The standard InChI is InChI=1S/C26H24N6O/c33-26(22-10-8-21(9-11-22)20-5-2-1-3-6-20)32-17-15-31(16-18-32)25-13-12-24(29-30-25)28-23-7-4-14-27-19-23/h1-14,19H,15-18H2,(H,28,29). The van der Waals surface area contributed by atoms with E-state index in [-0.39, 0.29) is 5.91 Å². The highest BCUT2D eigenvalue weighted by Crippen LogP contribution is 2.21. The van der Waals surface area contributed by atoms with Gasteiger partial charge in [0.2, 0.25) is 0 Å². The Morgan fingerprint density at radius 1 is 0.758 bits per heavy atom. The summed E-state index contributed by atoms with van der Waals surface area (Å²) in [5, 5.41) is 11.8. The van der Waals surface area contributed by atoms with Crippen molar-refractivity contribution in [2.45, 2.75) is 0 Å². The molecule has 0 saturated carbocycles. The summed E-state index contributed by atoms with van der Waals surface area (Å²) in [7, 11) is 0. The van der Waals surface area contributed by atoms with Crippen LogP contribution in [0.15, 0.2) is 91.3 Å². The summed E-state index contributed by atoms with van der Waals surface area (Å²) in [6.45, 7) is 2.74. The van der Waals surface area contributed by atoms with Crippen LogP contribution in [0.3, 0.4) is 0 Å². The smallest absolute Gasteiger partial charge is 0.253 e. The second kappa shape index (κ2) is 9.48. The molecule has 1 N–H and O–H groups in total. The lowest BCUT2D eigenvalue weighted by atomic mass is 10.0. The van der Waals surface area contributed by atoms with Gasteiger partial charge >= 0.3 is 0 Å². The van der Waals surface area contributed by atoms with E-state index in [0.717, 1.165) is 35.7 Å². The van der Waals surface area contributed by atoms with Crippen LogP contribution in [0.4, 0.5) is 17.3 Å². The minimum atomic E-state index is 0.0661. The van der Waals surface area contributed by atoms with Gasteiger partial charge < -0.3 is 15.1 Å². The molecule has 0 spiro atoms. The number of rotatable bonds is 5. The van der Waals surface area contributed by atoms with Gasteiger partial charge in [-0.25, -0.2) is 0 Å². The monoisotopic (exact) mass is 436 g/mol. The van der Waals surface area contributed by atoms with Crippen molar-refractivity contribution in [1.82, 2.24) is 20.1 Å². The Kier molecular flexibility index (Phi) is 5.93. The van der Waals surface area contributed by atoms with Crippen LogP contribution in [0.1, 0.15) is 10.4 Å². The number of aromatic nitrogens is 3. The van der Waals surface area contributed by atoms with Crippen molar-refractivity contribution in [1.29, 1.82) is 0 Å². The van der Waals surface area contributed by atoms with Crippen LogP contribution in [-0.2, 0) is 0 Å². The summed E-state index contributed by atoms with van der Waals surface area (Å²) in [5.41, 5.74) is 3.84. The molecule has 7 heteroatoms. The van der Waals surface area contributed by atoms with E-state index in [4.69, 9.17) is 0 Å². The highest BCUT2D eigenvalue weighted by Gasteiger charge is 2.23. The van der Waals surface area contributed by atoms with Crippen LogP contribution in [0, 0.1) is 0 Å². The van der Waals surface area contributed by atoms with Crippen molar-refractivity contribution in [2.24, 2.45) is 0 Å². The van der Waals surface area contributed by atoms with Crippen molar-refractivity contribution < 1.29 is 4.79 Å². The molecule has 1 aliphatic heterocycles. The van der Waals surface area contributed by atoms with Gasteiger partial charge in [-0.1, -0.05) is 42.5 Å². The molecule has 1 saturated heterocycles. The summed E-state index contributed by atoms with van der Waals surface area (Å²) in [6, 6.07) is 25.7. The molecule has 33 heavy (non-hydrogen) atoms. The number of amides is 1. The molecule has 2 aromatic heterocycles. The summed E-state index contributed by atoms with van der Waals surface area (Å²) >= 11 is 0. The number of carbonyl (C=O) groups is 1. The molecule has 0 atom stereocenters. The van der Waals surface area contributed by atoms with E-state index in [1.54, 1.807) is 12.4 Å². The van der Waals surface area contributed by atoms with E-state index < -0.39 is 0 Å². The van der Waals surface area contributed by atoms with E-state index in [1.165, 1.54) is 0 Å². The van der Waals surface area contributed by atoms with Crippen LogP contribution in [0.2, 0.25) is 0 Å². The minimum absolute atomic E-state index is 0.0661. The molecule has 0 bridgehead atoms. The first-order chi connectivity index (χ1) is 16.3. The van der Waals surface area contributed by atoms with Gasteiger partial charge in [0.25, 0.3) is 5.91 Å². The number of nitrogens with zero attached hydrogens (tertiary/aromatic N) is 5. The molecular weight excluding hydrogens is 412 g/mol. The second-order valence-corrected chi connectivity index (χ2v) is 7.87. The summed E-state index contributed by atoms with van der Waals surface area (Å²) < 4.78 is 0. The molecule has 1 fully saturated rings. The molecule has 0 aliphatic carbocycles. The van der Waals surface area contributed by atoms with Gasteiger partial charge in [0.15, 0.2) is 11.6 Å². The van der Waals surface area contributed by atoms with Crippen molar-refractivity contribution >= 4 is 23.2 Å². The van der Waals surface area contributed by atoms with Crippen molar-refractivity contribution in [3.8, 4) is 11.1 Å². The summed E-state index contributed by atoms with van der Waals surface area (Å²) in [5.74, 6) is 1.54. The fourth-order valence-electron chi connectivity index (χ4n) is 3.90. The quantitative estimate of drug-likeness (QED) is 0.504. The van der Waals surface area contributed by atoms with Crippen molar-refractivity contribution in [2.75, 3.05) is 36.4 Å². The van der Waals surface area contributed by atoms with Crippen LogP contribution >= 0.6 is 0 Å². The Morgan fingerprint density at radius 3 is 2.18 bits per heavy atom. The number of carbonyl (C=O) groups excluding carboxylic acids is 1. The highest BCUT2D eigenvalue weighted by atomic mass is 16.2. The molecule has 2 aromatic carbocycles. The normalized spacial score (nSPS) is 13.6. The maximum atomic E-state index is 13.0. The van der Waals surface area contributed by atoms with Crippen molar-refractivity contribution in [3.05, 3.63) is 96.8 Å². The van der Waals surface area contributed by atoms with Gasteiger partial charge in [-0.2, -0.15) is 0 Å². The fraction of sp³-hybridized carbons (Fsp3) is 0.154. The maximum absolute atomic E-state index is 13.0. The van der Waals surface area contributed by atoms with E-state index in [9.17, 15) is 4.79 Å². The maximum Gasteiger partial charge on any atom is 0.253 e. The lowest BCUT2D eigenvalue weighted by Gasteiger charge is -2.35. The van der Waals surface area contributed by atoms with E-state index in [1.807, 2.05) is 71.6 Å². The van der Waals surface area contributed by atoms with E-state index >= 15 is 0 Å². The second-order valence-electron chi connectivity index (χ2n) is 7.87. The Morgan fingerprint density at radius 2 is 1.52 bits per heavy atom. The van der Waals surface area contributed by atoms with Crippen LogP contribution in [0.25, 0.3) is 11.1 Å². The van der Waals surface area contributed by atoms with Gasteiger partial charge in [-0.05, 0) is 47.5 Å². The van der Waals surface area contributed by atoms with Crippen LogP contribution in [-0.4, -0.2) is 52.2 Å². The Hall–Kier alpha value is -4.26. The zero-order valence-corrected chi connectivity index (χ0v) is 18.1. The highest BCUT2D eigenvalue weighted by molar-refractivity contribution is 5.95. The van der Waals surface area contributed by atoms with E-state index in [2.05, 4.69) is 37.5 Å². The number of piperazine rings is 1. The van der Waals surface area contributed by atoms with Gasteiger partial charge in [0, 0.05) is 37.9 Å². The first-order valence-electron chi connectivity index (χ1n) is 11.0. The molecule has 1 aliphatic rings. The van der Waals surface area contributed by atoms with Crippen molar-refractivity contribution in [3.63, 3.8) is 0 Å². The predicted octanol–water partition coefficient (Wildman–Crippen LogP) is 4.24. The molecule has 3 heterocycles. The third-order valence-corrected chi connectivity index (χ3v) is 5.71. The largest absolute Gasteiger partial charge is 0.352 e. The molecule has 1 amide bonds. The molecule has 5 rings (SSSR count). The molecule has 0 radical (unpaired) electrons. The molecule has 4 aromatic rings. The number of hydrogen-bond donors (Lipinski definition) is 1. The van der Waals surface area contributed by atoms with Crippen LogP contribution < -0.4 is 10.2 Å². The number of pyridine rings is 1. The predicted molar refractivity (Wildman–Crippen MR) is 130 cm³/mol. The van der Waals surface area contributed by atoms with Crippen LogP contribution in [0.5, 0.6) is 0 Å². The number of nitrogens with one attached hydrogen (secondary N) is 1. The van der Waals surface area contributed by atoms with E-state index in [0.29, 0.717) is 24.5 Å². The topological polar surface area (TPSA) is 74.2 Å². The third kappa shape index (κ3) is 4.82. The van der Waals surface area contributed by atoms with Gasteiger partial charge in [-0.3, -0.25) is 9.78 Å². The molecule has 164 valence electrons. The number of hydrogen-bond acceptors (Lipinski definition) is 6. The fourth-order valence-corrected chi connectivity index (χ4v) is 3.90. The lowest BCUT2D eigenvalue weighted by Crippen LogP contribution is -2.49. The SMILES string of the molecule is O=C(c1ccc(-c2ccccc2)cc1)N1CCN(c2ccc(Nc3cccnc3)nn2)CC1. The first-order valence-corrected chi connectivity index (χ1v) is 11.0. The number of benzene rings is 2. The number of anilines is 3. The zero-order valence-electron chi connectivity index (χ0n) is 18.1. The Bertz CT molecular complexity index is 1190. The van der Waals surface area contributed by atoms with Gasteiger partial charge in [-0.15, -0.1) is 10.2 Å². The average molecular weight is 437 g/mol. The Labute approximate surface area is 192 Å². The minimum Gasteiger partial charge on any atom is -0.352 e. The van der Waals surface area contributed by atoms with Gasteiger partial charge in [0.1, 0.15) is 0 Å². The zero-order chi connectivity index (χ0) is 22.5.